The number of hydrogen-bond donors (Lipinski definition) is 0. The third kappa shape index (κ3) is 6.36. The van der Waals surface area contributed by atoms with E-state index in [2.05, 4.69) is 29.5 Å². The van der Waals surface area contributed by atoms with E-state index in [1.54, 1.807) is 0 Å². The number of rotatable bonds is 9. The first-order valence-corrected chi connectivity index (χ1v) is 8.19. The molecule has 0 aliphatic carbocycles. The molecule has 1 rings (SSSR count). The number of ether oxygens (including phenoxy) is 2. The molecule has 0 amide bonds. The van der Waals surface area contributed by atoms with Crippen LogP contribution in [0.1, 0.15) is 31.4 Å². The van der Waals surface area contributed by atoms with Crippen molar-refractivity contribution in [1.29, 1.82) is 0 Å². The molecule has 1 aromatic rings. The van der Waals surface area contributed by atoms with Crippen LogP contribution in [0.3, 0.4) is 0 Å². The van der Waals surface area contributed by atoms with Crippen LogP contribution in [0, 0.1) is 0 Å². The molecule has 1 aromatic carbocycles. The molecular weight excluding hydrogens is 363 g/mol. The van der Waals surface area contributed by atoms with Crippen LogP contribution < -0.4 is 0 Å². The predicted octanol–water partition coefficient (Wildman–Crippen LogP) is 4.65. The van der Waals surface area contributed by atoms with Gasteiger partial charge in [0.1, 0.15) is 0 Å². The number of halogens is 2. The smallest absolute Gasteiger partial charge is 0.0915 e. The third-order valence-electron chi connectivity index (χ3n) is 2.55. The summed E-state index contributed by atoms with van der Waals surface area (Å²) in [4.78, 5) is 0. The molecule has 0 N–H and O–H groups in total. The van der Waals surface area contributed by atoms with Crippen molar-refractivity contribution < 1.29 is 9.47 Å². The van der Waals surface area contributed by atoms with E-state index in [0.717, 1.165) is 28.0 Å². The van der Waals surface area contributed by atoms with Gasteiger partial charge in [0.05, 0.1) is 19.3 Å². The summed E-state index contributed by atoms with van der Waals surface area (Å²) in [5.74, 6) is 0. The van der Waals surface area contributed by atoms with Gasteiger partial charge in [-0.2, -0.15) is 0 Å². The van der Waals surface area contributed by atoms with E-state index in [9.17, 15) is 0 Å². The predicted molar refractivity (Wildman–Crippen MR) is 84.8 cm³/mol. The first-order valence-electron chi connectivity index (χ1n) is 6.28. The van der Waals surface area contributed by atoms with Crippen LogP contribution in [0.15, 0.2) is 24.3 Å². The first kappa shape index (κ1) is 16.2. The SMILES string of the molecule is CCCCOCCOC(CI)c1cccc(Cl)c1. The van der Waals surface area contributed by atoms with E-state index in [1.165, 1.54) is 6.42 Å². The number of benzene rings is 1. The summed E-state index contributed by atoms with van der Waals surface area (Å²) in [6, 6.07) is 7.84. The Bertz CT molecular complexity index is 333. The van der Waals surface area contributed by atoms with Gasteiger partial charge in [-0.25, -0.2) is 0 Å². The van der Waals surface area contributed by atoms with E-state index in [-0.39, 0.29) is 6.10 Å². The van der Waals surface area contributed by atoms with Gasteiger partial charge < -0.3 is 9.47 Å². The van der Waals surface area contributed by atoms with Crippen molar-refractivity contribution >= 4 is 34.2 Å². The van der Waals surface area contributed by atoms with Crippen LogP contribution in [-0.2, 0) is 9.47 Å². The zero-order valence-electron chi connectivity index (χ0n) is 10.7. The maximum atomic E-state index is 5.98. The van der Waals surface area contributed by atoms with E-state index in [0.29, 0.717) is 13.2 Å². The van der Waals surface area contributed by atoms with Crippen molar-refractivity contribution in [1.82, 2.24) is 0 Å². The normalized spacial score (nSPS) is 12.6. The minimum atomic E-state index is 0.0964. The third-order valence-corrected chi connectivity index (χ3v) is 3.58. The summed E-state index contributed by atoms with van der Waals surface area (Å²) in [5.41, 5.74) is 1.13. The van der Waals surface area contributed by atoms with Crippen molar-refractivity contribution in [2.24, 2.45) is 0 Å². The summed E-state index contributed by atoms with van der Waals surface area (Å²) in [6.45, 7) is 4.27. The van der Waals surface area contributed by atoms with Crippen molar-refractivity contribution in [3.8, 4) is 0 Å². The van der Waals surface area contributed by atoms with E-state index in [4.69, 9.17) is 21.1 Å². The van der Waals surface area contributed by atoms with Crippen LogP contribution in [0.5, 0.6) is 0 Å². The molecular formula is C14H20ClIO2. The molecule has 18 heavy (non-hydrogen) atoms. The van der Waals surface area contributed by atoms with E-state index >= 15 is 0 Å². The molecule has 102 valence electrons. The highest BCUT2D eigenvalue weighted by Gasteiger charge is 2.10. The Morgan fingerprint density at radius 3 is 2.78 bits per heavy atom. The van der Waals surface area contributed by atoms with Crippen LogP contribution in [0.2, 0.25) is 5.02 Å². The average Bonchev–Trinajstić information content (AvgIpc) is 2.38. The second-order valence-corrected chi connectivity index (χ2v) is 5.35. The molecule has 0 spiro atoms. The van der Waals surface area contributed by atoms with Crippen molar-refractivity contribution in [2.45, 2.75) is 25.9 Å². The van der Waals surface area contributed by atoms with Crippen molar-refractivity contribution in [2.75, 3.05) is 24.2 Å². The van der Waals surface area contributed by atoms with Gasteiger partial charge in [-0.05, 0) is 24.1 Å². The van der Waals surface area contributed by atoms with E-state index in [1.807, 2.05) is 24.3 Å². The minimum absolute atomic E-state index is 0.0964. The highest BCUT2D eigenvalue weighted by Crippen LogP contribution is 2.22. The molecule has 0 fully saturated rings. The number of hydrogen-bond acceptors (Lipinski definition) is 2. The standard InChI is InChI=1S/C14H20ClIO2/c1-2-3-7-17-8-9-18-14(11-16)12-5-4-6-13(15)10-12/h4-6,10,14H,2-3,7-9,11H2,1H3. The second kappa shape index (κ2) is 10.0. The summed E-state index contributed by atoms with van der Waals surface area (Å²) >= 11 is 8.31. The Hall–Kier alpha value is 0.160. The molecule has 0 saturated heterocycles. The monoisotopic (exact) mass is 382 g/mol. The topological polar surface area (TPSA) is 18.5 Å². The summed E-state index contributed by atoms with van der Waals surface area (Å²) in [7, 11) is 0. The van der Waals surface area contributed by atoms with Gasteiger partial charge >= 0.3 is 0 Å². The van der Waals surface area contributed by atoms with Gasteiger partial charge in [-0.15, -0.1) is 0 Å². The maximum absolute atomic E-state index is 5.98. The lowest BCUT2D eigenvalue weighted by atomic mass is 10.1. The van der Waals surface area contributed by atoms with Crippen LogP contribution in [-0.4, -0.2) is 24.2 Å². The molecule has 1 unspecified atom stereocenters. The molecule has 0 aromatic heterocycles. The summed E-state index contributed by atoms with van der Waals surface area (Å²) in [5, 5.41) is 0.755. The minimum Gasteiger partial charge on any atom is -0.379 e. The zero-order valence-corrected chi connectivity index (χ0v) is 13.6. The van der Waals surface area contributed by atoms with Crippen LogP contribution >= 0.6 is 34.2 Å². The molecule has 4 heteroatoms. The fourth-order valence-electron chi connectivity index (χ4n) is 1.53. The molecule has 0 aliphatic heterocycles. The molecule has 0 radical (unpaired) electrons. The van der Waals surface area contributed by atoms with Gasteiger partial charge in [0.2, 0.25) is 0 Å². The summed E-state index contributed by atoms with van der Waals surface area (Å²) < 4.78 is 12.2. The second-order valence-electron chi connectivity index (χ2n) is 4.03. The van der Waals surface area contributed by atoms with Gasteiger partial charge in [-0.1, -0.05) is 59.7 Å². The van der Waals surface area contributed by atoms with Crippen molar-refractivity contribution in [3.05, 3.63) is 34.9 Å². The fraction of sp³-hybridized carbons (Fsp3) is 0.571. The lowest BCUT2D eigenvalue weighted by Crippen LogP contribution is -2.11. The van der Waals surface area contributed by atoms with Crippen molar-refractivity contribution in [3.63, 3.8) is 0 Å². The molecule has 0 aliphatic rings. The largest absolute Gasteiger partial charge is 0.379 e. The average molecular weight is 383 g/mol. The van der Waals surface area contributed by atoms with Gasteiger partial charge in [-0.3, -0.25) is 0 Å². The van der Waals surface area contributed by atoms with Gasteiger partial charge in [0.25, 0.3) is 0 Å². The number of unbranched alkanes of at least 4 members (excludes halogenated alkanes) is 1. The Labute approximate surface area is 128 Å². The quantitative estimate of drug-likeness (QED) is 0.352. The zero-order chi connectivity index (χ0) is 13.2. The Kier molecular flexibility index (Phi) is 9.02. The highest BCUT2D eigenvalue weighted by atomic mass is 127. The number of alkyl halides is 1. The highest BCUT2D eigenvalue weighted by molar-refractivity contribution is 14.1. The van der Waals surface area contributed by atoms with Gasteiger partial charge in [0, 0.05) is 16.1 Å². The van der Waals surface area contributed by atoms with Crippen LogP contribution in [0.25, 0.3) is 0 Å². The molecule has 0 saturated carbocycles. The van der Waals surface area contributed by atoms with Crippen LogP contribution in [0.4, 0.5) is 0 Å². The lowest BCUT2D eigenvalue weighted by molar-refractivity contribution is 0.0139. The lowest BCUT2D eigenvalue weighted by Gasteiger charge is -2.16. The van der Waals surface area contributed by atoms with Gasteiger partial charge in [0.15, 0.2) is 0 Å². The molecule has 1 atom stereocenters. The maximum Gasteiger partial charge on any atom is 0.0915 e. The first-order chi connectivity index (χ1) is 8.77. The van der Waals surface area contributed by atoms with E-state index < -0.39 is 0 Å². The Morgan fingerprint density at radius 2 is 2.11 bits per heavy atom. The molecule has 2 nitrogen and oxygen atoms in total. The fourth-order valence-corrected chi connectivity index (χ4v) is 2.50. The Morgan fingerprint density at radius 1 is 1.28 bits per heavy atom. The Balaban J connectivity index is 2.29. The molecule has 0 heterocycles. The summed E-state index contributed by atoms with van der Waals surface area (Å²) in [6.07, 6.45) is 2.38. The molecule has 0 bridgehead atoms.